The van der Waals surface area contributed by atoms with E-state index in [0.29, 0.717) is 13.2 Å². The van der Waals surface area contributed by atoms with Gasteiger partial charge in [-0.2, -0.15) is 0 Å². The third kappa shape index (κ3) is 6.53. The normalized spacial score (nSPS) is 13.7. The van der Waals surface area contributed by atoms with E-state index in [4.69, 9.17) is 14.2 Å². The van der Waals surface area contributed by atoms with Gasteiger partial charge in [0.15, 0.2) is 0 Å². The second-order valence-electron chi connectivity index (χ2n) is 5.63. The van der Waals surface area contributed by atoms with E-state index in [9.17, 15) is 0 Å². The molecule has 0 saturated carbocycles. The van der Waals surface area contributed by atoms with E-state index in [1.165, 1.54) is 11.1 Å². The fourth-order valence-electron chi connectivity index (χ4n) is 2.51. The van der Waals surface area contributed by atoms with Crippen LogP contribution in [0.25, 0.3) is 0 Å². The second-order valence-corrected chi connectivity index (χ2v) is 5.63. The van der Waals surface area contributed by atoms with Gasteiger partial charge in [0.05, 0.1) is 25.4 Å². The summed E-state index contributed by atoms with van der Waals surface area (Å²) in [5, 5.41) is 0. The Morgan fingerprint density at radius 3 is 1.39 bits per heavy atom. The molecule has 0 bridgehead atoms. The van der Waals surface area contributed by atoms with Gasteiger partial charge < -0.3 is 14.2 Å². The van der Waals surface area contributed by atoms with E-state index in [2.05, 4.69) is 24.3 Å². The summed E-state index contributed by atoms with van der Waals surface area (Å²) in [6.07, 6.45) is 1.83. The van der Waals surface area contributed by atoms with Gasteiger partial charge >= 0.3 is 0 Å². The molecule has 0 aliphatic rings. The van der Waals surface area contributed by atoms with Crippen molar-refractivity contribution in [2.45, 2.75) is 25.0 Å². The SMILES string of the molecule is COC(COCC(Cc1ccccc1)OC)Cc1ccccc1. The molecule has 23 heavy (non-hydrogen) atoms. The van der Waals surface area contributed by atoms with Crippen LogP contribution in [0.1, 0.15) is 11.1 Å². The van der Waals surface area contributed by atoms with Gasteiger partial charge in [0.1, 0.15) is 0 Å². The molecule has 0 spiro atoms. The molecule has 0 aliphatic carbocycles. The Morgan fingerprint density at radius 1 is 0.652 bits per heavy atom. The number of hydrogen-bond acceptors (Lipinski definition) is 3. The summed E-state index contributed by atoms with van der Waals surface area (Å²) in [7, 11) is 3.46. The predicted octanol–water partition coefficient (Wildman–Crippen LogP) is 3.52. The highest BCUT2D eigenvalue weighted by molar-refractivity contribution is 5.16. The van der Waals surface area contributed by atoms with Crippen molar-refractivity contribution in [3.8, 4) is 0 Å². The molecule has 124 valence electrons. The van der Waals surface area contributed by atoms with E-state index in [0.717, 1.165) is 12.8 Å². The molecule has 0 amide bonds. The molecule has 2 unspecified atom stereocenters. The molecule has 0 aromatic heterocycles. The number of rotatable bonds is 10. The Kier molecular flexibility index (Phi) is 7.81. The largest absolute Gasteiger partial charge is 0.379 e. The smallest absolute Gasteiger partial charge is 0.0844 e. The third-order valence-corrected chi connectivity index (χ3v) is 3.89. The molecule has 0 heterocycles. The quantitative estimate of drug-likeness (QED) is 0.671. The van der Waals surface area contributed by atoms with Crippen molar-refractivity contribution in [2.24, 2.45) is 0 Å². The van der Waals surface area contributed by atoms with Gasteiger partial charge in [0, 0.05) is 27.1 Å². The minimum absolute atomic E-state index is 0.0617. The molecule has 2 aromatic rings. The first-order chi connectivity index (χ1) is 11.3. The van der Waals surface area contributed by atoms with Crippen LogP contribution >= 0.6 is 0 Å². The highest BCUT2D eigenvalue weighted by atomic mass is 16.5. The monoisotopic (exact) mass is 314 g/mol. The Hall–Kier alpha value is -1.68. The van der Waals surface area contributed by atoms with Crippen LogP contribution in [0.15, 0.2) is 60.7 Å². The maximum Gasteiger partial charge on any atom is 0.0844 e. The van der Waals surface area contributed by atoms with Gasteiger partial charge in [0.2, 0.25) is 0 Å². The maximum absolute atomic E-state index is 5.83. The predicted molar refractivity (Wildman–Crippen MR) is 92.7 cm³/mol. The molecule has 0 saturated heterocycles. The number of ether oxygens (including phenoxy) is 3. The lowest BCUT2D eigenvalue weighted by atomic mass is 10.1. The highest BCUT2D eigenvalue weighted by Gasteiger charge is 2.12. The van der Waals surface area contributed by atoms with Crippen LogP contribution in [0.5, 0.6) is 0 Å². The number of hydrogen-bond donors (Lipinski definition) is 0. The van der Waals surface area contributed by atoms with Crippen molar-refractivity contribution in [1.82, 2.24) is 0 Å². The van der Waals surface area contributed by atoms with Gasteiger partial charge in [0.25, 0.3) is 0 Å². The molecule has 3 nitrogen and oxygen atoms in total. The fourth-order valence-corrected chi connectivity index (χ4v) is 2.51. The van der Waals surface area contributed by atoms with Crippen molar-refractivity contribution in [3.63, 3.8) is 0 Å². The third-order valence-electron chi connectivity index (χ3n) is 3.89. The fraction of sp³-hybridized carbons (Fsp3) is 0.400. The first kappa shape index (κ1) is 17.7. The lowest BCUT2D eigenvalue weighted by Crippen LogP contribution is -2.26. The van der Waals surface area contributed by atoms with Crippen molar-refractivity contribution in [1.29, 1.82) is 0 Å². The van der Waals surface area contributed by atoms with Gasteiger partial charge in [-0.1, -0.05) is 60.7 Å². The average Bonchev–Trinajstić information content (AvgIpc) is 2.61. The minimum atomic E-state index is 0.0617. The van der Waals surface area contributed by atoms with Crippen molar-refractivity contribution < 1.29 is 14.2 Å². The van der Waals surface area contributed by atoms with Crippen LogP contribution < -0.4 is 0 Å². The van der Waals surface area contributed by atoms with Crippen molar-refractivity contribution in [2.75, 3.05) is 27.4 Å². The summed E-state index contributed by atoms with van der Waals surface area (Å²) in [6, 6.07) is 20.7. The van der Waals surface area contributed by atoms with Crippen LogP contribution in [0.2, 0.25) is 0 Å². The Bertz CT molecular complexity index is 478. The molecule has 3 heteroatoms. The first-order valence-corrected chi connectivity index (χ1v) is 8.03. The van der Waals surface area contributed by atoms with Gasteiger partial charge in [-0.3, -0.25) is 0 Å². The summed E-state index contributed by atoms with van der Waals surface area (Å²) in [5.41, 5.74) is 2.52. The standard InChI is InChI=1S/C20H26O3/c1-21-19(13-17-9-5-3-6-10-17)15-23-16-20(22-2)14-18-11-7-4-8-12-18/h3-12,19-20H,13-16H2,1-2H3. The highest BCUT2D eigenvalue weighted by Crippen LogP contribution is 2.08. The summed E-state index contributed by atoms with van der Waals surface area (Å²) in [6.45, 7) is 1.14. The lowest BCUT2D eigenvalue weighted by Gasteiger charge is -2.19. The molecule has 2 aromatic carbocycles. The summed E-state index contributed by atoms with van der Waals surface area (Å²) in [4.78, 5) is 0. The number of methoxy groups -OCH3 is 2. The van der Waals surface area contributed by atoms with E-state index in [1.54, 1.807) is 14.2 Å². The van der Waals surface area contributed by atoms with Crippen LogP contribution in [-0.4, -0.2) is 39.6 Å². The van der Waals surface area contributed by atoms with E-state index >= 15 is 0 Å². The molecule has 0 radical (unpaired) electrons. The maximum atomic E-state index is 5.83. The van der Waals surface area contributed by atoms with E-state index in [-0.39, 0.29) is 12.2 Å². The summed E-state index contributed by atoms with van der Waals surface area (Å²) < 4.78 is 16.9. The van der Waals surface area contributed by atoms with Crippen molar-refractivity contribution >= 4 is 0 Å². The zero-order chi connectivity index (χ0) is 16.3. The van der Waals surface area contributed by atoms with Gasteiger partial charge in [-0.25, -0.2) is 0 Å². The molecular weight excluding hydrogens is 288 g/mol. The zero-order valence-corrected chi connectivity index (χ0v) is 14.0. The molecule has 0 N–H and O–H groups in total. The molecule has 2 rings (SSSR count). The molecular formula is C20H26O3. The summed E-state index contributed by atoms with van der Waals surface area (Å²) >= 11 is 0. The van der Waals surface area contributed by atoms with Crippen LogP contribution in [-0.2, 0) is 27.1 Å². The van der Waals surface area contributed by atoms with Crippen LogP contribution in [0.4, 0.5) is 0 Å². The van der Waals surface area contributed by atoms with E-state index in [1.807, 2.05) is 36.4 Å². The first-order valence-electron chi connectivity index (χ1n) is 8.03. The number of benzene rings is 2. The minimum Gasteiger partial charge on any atom is -0.379 e. The van der Waals surface area contributed by atoms with Crippen LogP contribution in [0.3, 0.4) is 0 Å². The second kappa shape index (κ2) is 10.2. The molecule has 2 atom stereocenters. The Labute approximate surface area is 139 Å². The van der Waals surface area contributed by atoms with Crippen LogP contribution in [0, 0.1) is 0 Å². The zero-order valence-electron chi connectivity index (χ0n) is 14.0. The van der Waals surface area contributed by atoms with Gasteiger partial charge in [-0.15, -0.1) is 0 Å². The average molecular weight is 314 g/mol. The molecule has 0 fully saturated rings. The summed E-state index contributed by atoms with van der Waals surface area (Å²) in [5.74, 6) is 0. The Morgan fingerprint density at radius 2 is 1.04 bits per heavy atom. The Balaban J connectivity index is 1.75. The van der Waals surface area contributed by atoms with E-state index < -0.39 is 0 Å². The lowest BCUT2D eigenvalue weighted by molar-refractivity contribution is -0.0340. The topological polar surface area (TPSA) is 27.7 Å². The van der Waals surface area contributed by atoms with Crippen molar-refractivity contribution in [3.05, 3.63) is 71.8 Å². The molecule has 0 aliphatic heterocycles. The van der Waals surface area contributed by atoms with Gasteiger partial charge in [-0.05, 0) is 11.1 Å².